The van der Waals surface area contributed by atoms with Crippen LogP contribution in [0.4, 0.5) is 0 Å². The molecule has 134 valence electrons. The lowest BCUT2D eigenvalue weighted by molar-refractivity contribution is 0.0177. The largest absolute Gasteiger partial charge is 0.379 e. The Morgan fingerprint density at radius 3 is 2.56 bits per heavy atom. The molecule has 2 fully saturated rings. The second-order valence-corrected chi connectivity index (χ2v) is 7.48. The molecule has 1 amide bonds. The maximum Gasteiger partial charge on any atom is 0.272 e. The van der Waals surface area contributed by atoms with Crippen LogP contribution < -0.4 is 0 Å². The number of ether oxygens (including phenoxy) is 1. The third-order valence-corrected chi connectivity index (χ3v) is 6.06. The predicted molar refractivity (Wildman–Crippen MR) is 96.4 cm³/mol. The first-order chi connectivity index (χ1) is 12.3. The fourth-order valence-electron chi connectivity index (χ4n) is 4.37. The van der Waals surface area contributed by atoms with Crippen molar-refractivity contribution in [2.45, 2.75) is 31.7 Å². The zero-order valence-electron chi connectivity index (χ0n) is 14.8. The van der Waals surface area contributed by atoms with Crippen molar-refractivity contribution < 1.29 is 9.53 Å². The number of carbonyl (C=O) groups is 1. The van der Waals surface area contributed by atoms with Crippen LogP contribution in [0.15, 0.2) is 36.5 Å². The highest BCUT2D eigenvalue weighted by molar-refractivity contribution is 5.92. The quantitative estimate of drug-likeness (QED) is 0.775. The minimum atomic E-state index is 0.0708. The molecule has 25 heavy (non-hydrogen) atoms. The molecular weight excluding hydrogens is 314 g/mol. The van der Waals surface area contributed by atoms with Crippen LogP contribution in [-0.4, -0.2) is 66.1 Å². The van der Waals surface area contributed by atoms with E-state index in [1.54, 1.807) is 12.3 Å². The smallest absolute Gasteiger partial charge is 0.272 e. The number of hydrogen-bond donors (Lipinski definition) is 0. The molecule has 1 aliphatic carbocycles. The Balaban J connectivity index is 1.35. The van der Waals surface area contributed by atoms with E-state index in [0.29, 0.717) is 17.2 Å². The fourth-order valence-corrected chi connectivity index (χ4v) is 4.37. The molecule has 1 aromatic heterocycles. The van der Waals surface area contributed by atoms with Crippen LogP contribution in [0, 0.1) is 5.41 Å². The molecule has 0 N–H and O–H groups in total. The number of carbonyl (C=O) groups excluding carboxylic acids is 1. The van der Waals surface area contributed by atoms with Crippen LogP contribution >= 0.6 is 0 Å². The molecule has 5 nitrogen and oxygen atoms in total. The summed E-state index contributed by atoms with van der Waals surface area (Å²) in [5.74, 6) is 0.0708. The van der Waals surface area contributed by atoms with Gasteiger partial charge in [0.25, 0.3) is 5.91 Å². The Kier molecular flexibility index (Phi) is 4.86. The van der Waals surface area contributed by atoms with Crippen LogP contribution in [0.2, 0.25) is 0 Å². The van der Waals surface area contributed by atoms with Crippen molar-refractivity contribution in [1.29, 1.82) is 0 Å². The summed E-state index contributed by atoms with van der Waals surface area (Å²) < 4.78 is 5.46. The summed E-state index contributed by atoms with van der Waals surface area (Å²) in [7, 11) is 0. The van der Waals surface area contributed by atoms with Gasteiger partial charge in [0, 0.05) is 38.4 Å². The number of likely N-dealkylation sites (tertiary alicyclic amines) is 1. The number of nitrogens with zero attached hydrogens (tertiary/aromatic N) is 3. The first-order valence-corrected chi connectivity index (χ1v) is 9.47. The van der Waals surface area contributed by atoms with Gasteiger partial charge in [0.2, 0.25) is 0 Å². The van der Waals surface area contributed by atoms with Gasteiger partial charge in [0.1, 0.15) is 5.69 Å². The highest BCUT2D eigenvalue weighted by Gasteiger charge is 2.37. The average Bonchev–Trinajstić information content (AvgIpc) is 2.70. The zero-order valence-corrected chi connectivity index (χ0v) is 14.8. The van der Waals surface area contributed by atoms with Gasteiger partial charge in [-0.15, -0.1) is 0 Å². The predicted octanol–water partition coefficient (Wildman–Crippen LogP) is 2.35. The Hall–Kier alpha value is -1.72. The molecule has 3 aliphatic rings. The lowest BCUT2D eigenvalue weighted by atomic mass is 9.71. The summed E-state index contributed by atoms with van der Waals surface area (Å²) in [4.78, 5) is 21.3. The highest BCUT2D eigenvalue weighted by Crippen LogP contribution is 2.41. The fraction of sp³-hybridized carbons (Fsp3) is 0.600. The van der Waals surface area contributed by atoms with Crippen LogP contribution in [0.1, 0.15) is 36.2 Å². The van der Waals surface area contributed by atoms with E-state index in [4.69, 9.17) is 4.74 Å². The van der Waals surface area contributed by atoms with E-state index in [0.717, 1.165) is 52.2 Å². The van der Waals surface area contributed by atoms with Crippen molar-refractivity contribution in [3.05, 3.63) is 42.2 Å². The van der Waals surface area contributed by atoms with E-state index in [-0.39, 0.29) is 5.91 Å². The Labute approximate surface area is 149 Å². The number of piperidine rings is 1. The molecule has 1 spiro atoms. The van der Waals surface area contributed by atoms with Gasteiger partial charge in [0.15, 0.2) is 0 Å². The van der Waals surface area contributed by atoms with E-state index in [1.165, 1.54) is 12.8 Å². The third kappa shape index (κ3) is 3.62. The molecule has 2 aliphatic heterocycles. The molecule has 1 unspecified atom stereocenters. The SMILES string of the molecule is O=C(c1ccccn1)N1CCC2(C=CC(N3CCOCC3)CC2)CC1. The maximum absolute atomic E-state index is 12.6. The van der Waals surface area contributed by atoms with Crippen molar-refractivity contribution in [2.75, 3.05) is 39.4 Å². The van der Waals surface area contributed by atoms with Gasteiger partial charge in [-0.25, -0.2) is 0 Å². The molecule has 1 aromatic rings. The molecule has 0 bridgehead atoms. The third-order valence-electron chi connectivity index (χ3n) is 6.06. The van der Waals surface area contributed by atoms with E-state index in [1.807, 2.05) is 17.0 Å². The van der Waals surface area contributed by atoms with E-state index in [2.05, 4.69) is 22.0 Å². The van der Waals surface area contributed by atoms with Crippen LogP contribution in [0.5, 0.6) is 0 Å². The molecule has 4 rings (SSSR count). The van der Waals surface area contributed by atoms with Gasteiger partial charge in [-0.1, -0.05) is 18.2 Å². The molecule has 0 radical (unpaired) electrons. The normalized spacial score (nSPS) is 26.7. The Morgan fingerprint density at radius 1 is 1.12 bits per heavy atom. The summed E-state index contributed by atoms with van der Waals surface area (Å²) in [6.45, 7) is 5.49. The van der Waals surface area contributed by atoms with Crippen LogP contribution in [0.25, 0.3) is 0 Å². The second kappa shape index (κ2) is 7.26. The van der Waals surface area contributed by atoms with Gasteiger partial charge in [-0.05, 0) is 43.2 Å². The number of hydrogen-bond acceptors (Lipinski definition) is 4. The molecule has 0 saturated carbocycles. The monoisotopic (exact) mass is 341 g/mol. The molecule has 0 aromatic carbocycles. The van der Waals surface area contributed by atoms with Crippen LogP contribution in [-0.2, 0) is 4.74 Å². The first kappa shape index (κ1) is 16.7. The van der Waals surface area contributed by atoms with Crippen molar-refractivity contribution in [3.63, 3.8) is 0 Å². The number of amides is 1. The average molecular weight is 341 g/mol. The molecular formula is C20H27N3O2. The zero-order chi connectivity index (χ0) is 17.1. The summed E-state index contributed by atoms with van der Waals surface area (Å²) >= 11 is 0. The Morgan fingerprint density at radius 2 is 1.92 bits per heavy atom. The van der Waals surface area contributed by atoms with Crippen molar-refractivity contribution in [3.8, 4) is 0 Å². The van der Waals surface area contributed by atoms with Gasteiger partial charge >= 0.3 is 0 Å². The van der Waals surface area contributed by atoms with E-state index >= 15 is 0 Å². The molecule has 1 atom stereocenters. The van der Waals surface area contributed by atoms with Gasteiger partial charge in [0.05, 0.1) is 13.2 Å². The standard InChI is InChI=1S/C20H27N3O2/c24-19(18-3-1-2-10-21-18)23-11-8-20(9-12-23)6-4-17(5-7-20)22-13-15-25-16-14-22/h1-4,6,10,17H,5,7-9,11-16H2. The second-order valence-electron chi connectivity index (χ2n) is 7.48. The number of pyridine rings is 1. The van der Waals surface area contributed by atoms with Gasteiger partial charge in [-0.2, -0.15) is 0 Å². The maximum atomic E-state index is 12.6. The first-order valence-electron chi connectivity index (χ1n) is 9.47. The molecule has 3 heterocycles. The number of morpholine rings is 1. The number of rotatable bonds is 2. The minimum Gasteiger partial charge on any atom is -0.379 e. The lowest BCUT2D eigenvalue weighted by Gasteiger charge is -2.44. The summed E-state index contributed by atoms with van der Waals surface area (Å²) in [6, 6.07) is 6.10. The number of allylic oxidation sites excluding steroid dienone is 1. The van der Waals surface area contributed by atoms with Crippen molar-refractivity contribution in [1.82, 2.24) is 14.8 Å². The van der Waals surface area contributed by atoms with Crippen LogP contribution in [0.3, 0.4) is 0 Å². The van der Waals surface area contributed by atoms with E-state index in [9.17, 15) is 4.79 Å². The minimum absolute atomic E-state index is 0.0708. The highest BCUT2D eigenvalue weighted by atomic mass is 16.5. The van der Waals surface area contributed by atoms with Gasteiger partial charge in [-0.3, -0.25) is 14.7 Å². The van der Waals surface area contributed by atoms with Crippen molar-refractivity contribution >= 4 is 5.91 Å². The van der Waals surface area contributed by atoms with Gasteiger partial charge < -0.3 is 9.64 Å². The summed E-state index contributed by atoms with van der Waals surface area (Å²) in [6.07, 6.45) is 11.2. The molecule has 2 saturated heterocycles. The molecule has 5 heteroatoms. The summed E-state index contributed by atoms with van der Waals surface area (Å²) in [5, 5.41) is 0. The van der Waals surface area contributed by atoms with E-state index < -0.39 is 0 Å². The lowest BCUT2D eigenvalue weighted by Crippen LogP contribution is -2.47. The summed E-state index contributed by atoms with van der Waals surface area (Å²) in [5.41, 5.74) is 0.856. The Bertz CT molecular complexity index is 617. The van der Waals surface area contributed by atoms with Crippen molar-refractivity contribution in [2.24, 2.45) is 5.41 Å². The number of aromatic nitrogens is 1. The topological polar surface area (TPSA) is 45.7 Å².